The SMILES string of the molecule is N#Cc1cnccc1NCCF. The van der Waals surface area contributed by atoms with Crippen molar-refractivity contribution in [2.24, 2.45) is 0 Å². The minimum atomic E-state index is -0.451. The lowest BCUT2D eigenvalue weighted by Gasteiger charge is -2.03. The Hall–Kier alpha value is -1.63. The summed E-state index contributed by atoms with van der Waals surface area (Å²) in [5.74, 6) is 0. The number of hydrogen-bond acceptors (Lipinski definition) is 3. The average molecular weight is 165 g/mol. The number of anilines is 1. The number of rotatable bonds is 3. The maximum atomic E-state index is 11.8. The van der Waals surface area contributed by atoms with Crippen molar-refractivity contribution in [1.82, 2.24) is 4.98 Å². The molecular formula is C8H8FN3. The van der Waals surface area contributed by atoms with Gasteiger partial charge in [-0.15, -0.1) is 0 Å². The van der Waals surface area contributed by atoms with Crippen molar-refractivity contribution < 1.29 is 4.39 Å². The molecule has 1 aromatic heterocycles. The Labute approximate surface area is 69.9 Å². The third-order valence-electron chi connectivity index (χ3n) is 1.35. The van der Waals surface area contributed by atoms with E-state index in [-0.39, 0.29) is 6.54 Å². The van der Waals surface area contributed by atoms with Crippen molar-refractivity contribution in [2.75, 3.05) is 18.5 Å². The van der Waals surface area contributed by atoms with Crippen LogP contribution in [0.3, 0.4) is 0 Å². The topological polar surface area (TPSA) is 48.7 Å². The molecule has 0 spiro atoms. The van der Waals surface area contributed by atoms with Crippen molar-refractivity contribution in [3.05, 3.63) is 24.0 Å². The minimum Gasteiger partial charge on any atom is -0.381 e. The molecule has 0 radical (unpaired) electrons. The quantitative estimate of drug-likeness (QED) is 0.735. The molecule has 3 nitrogen and oxygen atoms in total. The van der Waals surface area contributed by atoms with Crippen LogP contribution in [0.2, 0.25) is 0 Å². The van der Waals surface area contributed by atoms with Gasteiger partial charge in [-0.3, -0.25) is 4.98 Å². The van der Waals surface area contributed by atoms with Crippen molar-refractivity contribution in [2.45, 2.75) is 0 Å². The van der Waals surface area contributed by atoms with Crippen molar-refractivity contribution in [3.8, 4) is 6.07 Å². The molecule has 0 saturated carbocycles. The van der Waals surface area contributed by atoms with E-state index >= 15 is 0 Å². The lowest BCUT2D eigenvalue weighted by molar-refractivity contribution is 0.512. The number of aromatic nitrogens is 1. The monoisotopic (exact) mass is 165 g/mol. The van der Waals surface area contributed by atoms with Gasteiger partial charge in [0.25, 0.3) is 0 Å². The van der Waals surface area contributed by atoms with E-state index in [2.05, 4.69) is 10.3 Å². The molecule has 1 rings (SSSR count). The summed E-state index contributed by atoms with van der Waals surface area (Å²) in [5.41, 5.74) is 1.07. The van der Waals surface area contributed by atoms with Gasteiger partial charge in [0.2, 0.25) is 0 Å². The van der Waals surface area contributed by atoms with Crippen LogP contribution < -0.4 is 5.32 Å². The summed E-state index contributed by atoms with van der Waals surface area (Å²) in [4.78, 5) is 3.77. The number of pyridine rings is 1. The van der Waals surface area contributed by atoms with Crippen LogP contribution in [0, 0.1) is 11.3 Å². The summed E-state index contributed by atoms with van der Waals surface area (Å²) in [6, 6.07) is 3.60. The fourth-order valence-electron chi connectivity index (χ4n) is 0.820. The number of halogens is 1. The molecular weight excluding hydrogens is 157 g/mol. The molecule has 1 aromatic rings. The first kappa shape index (κ1) is 8.47. The fraction of sp³-hybridized carbons (Fsp3) is 0.250. The number of alkyl halides is 1. The van der Waals surface area contributed by atoms with Gasteiger partial charge in [-0.1, -0.05) is 0 Å². The molecule has 62 valence electrons. The van der Waals surface area contributed by atoms with Gasteiger partial charge in [0.1, 0.15) is 12.7 Å². The highest BCUT2D eigenvalue weighted by molar-refractivity contribution is 5.55. The van der Waals surface area contributed by atoms with E-state index in [1.54, 1.807) is 12.3 Å². The highest BCUT2D eigenvalue weighted by atomic mass is 19.1. The van der Waals surface area contributed by atoms with Gasteiger partial charge < -0.3 is 5.32 Å². The van der Waals surface area contributed by atoms with Crippen LogP contribution in [0.5, 0.6) is 0 Å². The van der Waals surface area contributed by atoms with Crippen LogP contribution in [0.1, 0.15) is 5.56 Å². The van der Waals surface area contributed by atoms with Crippen LogP contribution in [0.4, 0.5) is 10.1 Å². The van der Waals surface area contributed by atoms with Gasteiger partial charge in [-0.25, -0.2) is 4.39 Å². The molecule has 0 atom stereocenters. The molecule has 0 aliphatic carbocycles. The molecule has 4 heteroatoms. The zero-order chi connectivity index (χ0) is 8.81. The van der Waals surface area contributed by atoms with E-state index in [4.69, 9.17) is 5.26 Å². The van der Waals surface area contributed by atoms with E-state index in [1.807, 2.05) is 6.07 Å². The van der Waals surface area contributed by atoms with Gasteiger partial charge in [0.15, 0.2) is 0 Å². The first-order valence-corrected chi connectivity index (χ1v) is 3.52. The first-order chi connectivity index (χ1) is 5.88. The number of nitriles is 1. The fourth-order valence-corrected chi connectivity index (χ4v) is 0.820. The summed E-state index contributed by atoms with van der Waals surface area (Å²) >= 11 is 0. The van der Waals surface area contributed by atoms with Crippen molar-refractivity contribution in [3.63, 3.8) is 0 Å². The van der Waals surface area contributed by atoms with E-state index in [1.165, 1.54) is 6.20 Å². The molecule has 0 aliphatic rings. The Morgan fingerprint density at radius 3 is 3.17 bits per heavy atom. The van der Waals surface area contributed by atoms with Crippen LogP contribution in [-0.4, -0.2) is 18.2 Å². The predicted molar refractivity (Wildman–Crippen MR) is 43.4 cm³/mol. The van der Waals surface area contributed by atoms with E-state index in [0.29, 0.717) is 11.3 Å². The van der Waals surface area contributed by atoms with E-state index in [0.717, 1.165) is 0 Å². The minimum absolute atomic E-state index is 0.221. The van der Waals surface area contributed by atoms with Gasteiger partial charge in [0.05, 0.1) is 11.3 Å². The maximum absolute atomic E-state index is 11.8. The summed E-state index contributed by atoms with van der Waals surface area (Å²) in [5, 5.41) is 11.4. The number of nitrogens with one attached hydrogen (secondary N) is 1. The van der Waals surface area contributed by atoms with Crippen LogP contribution in [0.25, 0.3) is 0 Å². The summed E-state index contributed by atoms with van der Waals surface area (Å²) in [6.45, 7) is -0.230. The second-order valence-corrected chi connectivity index (χ2v) is 2.15. The van der Waals surface area contributed by atoms with Gasteiger partial charge in [-0.2, -0.15) is 5.26 Å². The molecule has 0 fully saturated rings. The molecule has 1 heterocycles. The van der Waals surface area contributed by atoms with Gasteiger partial charge in [-0.05, 0) is 6.07 Å². The normalized spacial score (nSPS) is 9.00. The van der Waals surface area contributed by atoms with Crippen molar-refractivity contribution >= 4 is 5.69 Å². The highest BCUT2D eigenvalue weighted by Crippen LogP contribution is 2.10. The lowest BCUT2D eigenvalue weighted by Crippen LogP contribution is -2.04. The van der Waals surface area contributed by atoms with Gasteiger partial charge >= 0.3 is 0 Å². The second-order valence-electron chi connectivity index (χ2n) is 2.15. The van der Waals surface area contributed by atoms with Crippen molar-refractivity contribution in [1.29, 1.82) is 5.26 Å². The molecule has 12 heavy (non-hydrogen) atoms. The molecule has 0 bridgehead atoms. The van der Waals surface area contributed by atoms with Gasteiger partial charge in [0, 0.05) is 18.9 Å². The highest BCUT2D eigenvalue weighted by Gasteiger charge is 1.98. The third kappa shape index (κ3) is 1.92. The van der Waals surface area contributed by atoms with E-state index in [9.17, 15) is 4.39 Å². The van der Waals surface area contributed by atoms with Crippen LogP contribution in [-0.2, 0) is 0 Å². The average Bonchev–Trinajstić information content (AvgIpc) is 2.15. The van der Waals surface area contributed by atoms with E-state index < -0.39 is 6.67 Å². The Morgan fingerprint density at radius 1 is 1.67 bits per heavy atom. The Morgan fingerprint density at radius 2 is 2.50 bits per heavy atom. The predicted octanol–water partition coefficient (Wildman–Crippen LogP) is 1.33. The molecule has 0 aliphatic heterocycles. The number of hydrogen-bond donors (Lipinski definition) is 1. The largest absolute Gasteiger partial charge is 0.381 e. The molecule has 1 N–H and O–H groups in total. The Balaban J connectivity index is 2.77. The maximum Gasteiger partial charge on any atom is 0.107 e. The zero-order valence-corrected chi connectivity index (χ0v) is 6.42. The Bertz CT molecular complexity index is 293. The Kier molecular flexibility index (Phi) is 3.03. The molecule has 0 saturated heterocycles. The zero-order valence-electron chi connectivity index (χ0n) is 6.42. The molecule has 0 unspecified atom stereocenters. The third-order valence-corrected chi connectivity index (χ3v) is 1.35. The molecule has 0 aromatic carbocycles. The summed E-state index contributed by atoms with van der Waals surface area (Å²) in [7, 11) is 0. The second kappa shape index (κ2) is 4.29. The summed E-state index contributed by atoms with van der Waals surface area (Å²) in [6.07, 6.45) is 3.00. The standard InChI is InChI=1S/C8H8FN3/c9-2-4-12-8-1-3-11-6-7(8)5-10/h1,3,6H,2,4H2,(H,11,12). The molecule has 0 amide bonds. The van der Waals surface area contributed by atoms with Crippen LogP contribution >= 0.6 is 0 Å². The van der Waals surface area contributed by atoms with Crippen LogP contribution in [0.15, 0.2) is 18.5 Å². The lowest BCUT2D eigenvalue weighted by atomic mass is 10.2. The number of nitrogens with zero attached hydrogens (tertiary/aromatic N) is 2. The summed E-state index contributed by atoms with van der Waals surface area (Å²) < 4.78 is 11.8. The smallest absolute Gasteiger partial charge is 0.107 e. The first-order valence-electron chi connectivity index (χ1n) is 3.52.